The number of rotatable bonds is 3. The first-order valence-electron chi connectivity index (χ1n) is 7.07. The highest BCUT2D eigenvalue weighted by Crippen LogP contribution is 2.43. The second-order valence-corrected chi connectivity index (χ2v) is 7.77. The largest absolute Gasteiger partial charge is 0.313 e. The van der Waals surface area contributed by atoms with Crippen LogP contribution in [-0.2, 0) is 4.79 Å². The number of ketones is 1. The Morgan fingerprint density at radius 3 is 2.48 bits per heavy atom. The molecule has 0 spiro atoms. The monoisotopic (exact) mass is 415 g/mol. The third-order valence-corrected chi connectivity index (χ3v) is 6.44. The number of anilines is 1. The molecule has 0 N–H and O–H groups in total. The van der Waals surface area contributed by atoms with Gasteiger partial charge in [0.25, 0.3) is 5.91 Å². The lowest BCUT2D eigenvalue weighted by Gasteiger charge is -2.37. The summed E-state index contributed by atoms with van der Waals surface area (Å²) in [5.74, 6) is -0.290. The number of fused-ring (bicyclic) bond motifs is 1. The van der Waals surface area contributed by atoms with E-state index in [0.29, 0.717) is 17.7 Å². The second kappa shape index (κ2) is 5.84. The molecule has 0 fully saturated rings. The lowest BCUT2D eigenvalue weighted by Crippen LogP contribution is -2.53. The first kappa shape index (κ1) is 16.7. The minimum absolute atomic E-state index is 0.118. The molecular formula is C16H19Br2NO2. The highest BCUT2D eigenvalue weighted by molar-refractivity contribution is 9.10. The molecule has 1 unspecified atom stereocenters. The maximum atomic E-state index is 13.0. The summed E-state index contributed by atoms with van der Waals surface area (Å²) in [6.45, 7) is 5.94. The highest BCUT2D eigenvalue weighted by Gasteiger charge is 2.50. The van der Waals surface area contributed by atoms with Gasteiger partial charge in [-0.1, -0.05) is 51.6 Å². The van der Waals surface area contributed by atoms with Crippen LogP contribution in [0.3, 0.4) is 0 Å². The zero-order valence-corrected chi connectivity index (χ0v) is 15.9. The molecule has 1 aromatic carbocycles. The van der Waals surface area contributed by atoms with Crippen molar-refractivity contribution in [1.82, 2.24) is 0 Å². The van der Waals surface area contributed by atoms with Crippen molar-refractivity contribution in [3.8, 4) is 0 Å². The van der Waals surface area contributed by atoms with Crippen molar-refractivity contribution in [2.45, 2.75) is 44.4 Å². The summed E-state index contributed by atoms with van der Waals surface area (Å²) < 4.78 is -0.188. The number of carbonyl (C=O) groups excluding carboxylic acids is 2. The average Bonchev–Trinajstić information content (AvgIpc) is 2.46. The predicted octanol–water partition coefficient (Wildman–Crippen LogP) is 4.55. The molecule has 0 aromatic heterocycles. The SMILES string of the molecule is CCCCC1(Br)C(=O)c2c(cc(C)c(Br)c2C)N(C)C1=O. The van der Waals surface area contributed by atoms with Gasteiger partial charge in [0.15, 0.2) is 10.1 Å². The summed E-state index contributed by atoms with van der Waals surface area (Å²) >= 11 is 7.00. The number of aryl methyl sites for hydroxylation is 1. The number of carbonyl (C=O) groups is 2. The van der Waals surface area contributed by atoms with E-state index < -0.39 is 4.32 Å². The van der Waals surface area contributed by atoms with Crippen molar-refractivity contribution in [1.29, 1.82) is 0 Å². The lowest BCUT2D eigenvalue weighted by molar-refractivity contribution is -0.119. The minimum atomic E-state index is -1.12. The number of unbranched alkanes of at least 4 members (excludes halogenated alkanes) is 1. The maximum absolute atomic E-state index is 13.0. The summed E-state index contributed by atoms with van der Waals surface area (Å²) in [5.41, 5.74) is 3.27. The first-order chi connectivity index (χ1) is 9.75. The molecule has 0 bridgehead atoms. The van der Waals surface area contributed by atoms with E-state index in [1.54, 1.807) is 11.9 Å². The van der Waals surface area contributed by atoms with Gasteiger partial charge in [0.2, 0.25) is 0 Å². The third-order valence-electron chi connectivity index (χ3n) is 4.13. The molecule has 1 aliphatic rings. The van der Waals surface area contributed by atoms with Crippen LogP contribution in [0.4, 0.5) is 5.69 Å². The van der Waals surface area contributed by atoms with Gasteiger partial charge >= 0.3 is 0 Å². The van der Waals surface area contributed by atoms with Crippen LogP contribution in [0, 0.1) is 13.8 Å². The number of benzene rings is 1. The van der Waals surface area contributed by atoms with Crippen molar-refractivity contribution >= 4 is 49.2 Å². The lowest BCUT2D eigenvalue weighted by atomic mass is 9.84. The van der Waals surface area contributed by atoms with Crippen LogP contribution in [0.2, 0.25) is 0 Å². The summed E-state index contributed by atoms with van der Waals surface area (Å²) in [4.78, 5) is 27.3. The molecule has 0 saturated heterocycles. The van der Waals surface area contributed by atoms with Crippen molar-refractivity contribution in [2.75, 3.05) is 11.9 Å². The smallest absolute Gasteiger partial charge is 0.251 e. The highest BCUT2D eigenvalue weighted by atomic mass is 79.9. The van der Waals surface area contributed by atoms with E-state index in [2.05, 4.69) is 38.8 Å². The quantitative estimate of drug-likeness (QED) is 0.535. The molecule has 0 radical (unpaired) electrons. The Labute approximate surface area is 142 Å². The van der Waals surface area contributed by atoms with Crippen LogP contribution in [-0.4, -0.2) is 23.1 Å². The molecule has 1 atom stereocenters. The number of amides is 1. The standard InChI is InChI=1S/C16H19Br2NO2/c1-5-6-7-16(18)14(20)12-10(3)13(17)9(2)8-11(12)19(4)15(16)21/h8H,5-7H2,1-4H3. The molecule has 0 saturated carbocycles. The molecule has 1 aliphatic heterocycles. The summed E-state index contributed by atoms with van der Waals surface area (Å²) in [6.07, 6.45) is 2.30. The average molecular weight is 417 g/mol. The van der Waals surface area contributed by atoms with Gasteiger partial charge in [0.1, 0.15) is 0 Å². The van der Waals surface area contributed by atoms with Crippen LogP contribution in [0.1, 0.15) is 47.7 Å². The van der Waals surface area contributed by atoms with Crippen molar-refractivity contribution in [3.63, 3.8) is 0 Å². The summed E-state index contributed by atoms with van der Waals surface area (Å²) in [5, 5.41) is 0. The van der Waals surface area contributed by atoms with E-state index in [4.69, 9.17) is 0 Å². The molecule has 5 heteroatoms. The van der Waals surface area contributed by atoms with Crippen molar-refractivity contribution in [2.24, 2.45) is 0 Å². The van der Waals surface area contributed by atoms with E-state index in [1.807, 2.05) is 19.9 Å². The molecule has 3 nitrogen and oxygen atoms in total. The Kier molecular flexibility index (Phi) is 4.64. The normalized spacial score (nSPS) is 21.7. The molecular weight excluding hydrogens is 398 g/mol. The predicted molar refractivity (Wildman–Crippen MR) is 92.5 cm³/mol. The molecule has 1 aromatic rings. The van der Waals surface area contributed by atoms with Gasteiger partial charge in [-0.05, 0) is 37.5 Å². The summed E-state index contributed by atoms with van der Waals surface area (Å²) in [6, 6.07) is 1.90. The van der Waals surface area contributed by atoms with Crippen LogP contribution in [0.5, 0.6) is 0 Å². The van der Waals surface area contributed by atoms with Crippen molar-refractivity contribution in [3.05, 3.63) is 27.2 Å². The first-order valence-corrected chi connectivity index (χ1v) is 8.65. The Hall–Kier alpha value is -0.680. The zero-order valence-electron chi connectivity index (χ0n) is 12.7. The fraction of sp³-hybridized carbons (Fsp3) is 0.500. The fourth-order valence-corrected chi connectivity index (χ4v) is 3.86. The molecule has 114 valence electrons. The molecule has 1 amide bonds. The van der Waals surface area contributed by atoms with E-state index in [0.717, 1.165) is 28.4 Å². The van der Waals surface area contributed by atoms with E-state index in [9.17, 15) is 9.59 Å². The topological polar surface area (TPSA) is 37.4 Å². The Morgan fingerprint density at radius 1 is 1.29 bits per heavy atom. The van der Waals surface area contributed by atoms with Crippen LogP contribution in [0.25, 0.3) is 0 Å². The van der Waals surface area contributed by atoms with Gasteiger partial charge in [-0.25, -0.2) is 0 Å². The number of alkyl halides is 1. The van der Waals surface area contributed by atoms with Crippen molar-refractivity contribution < 1.29 is 9.59 Å². The molecule has 0 aliphatic carbocycles. The zero-order chi connectivity index (χ0) is 15.9. The van der Waals surface area contributed by atoms with Gasteiger partial charge in [-0.15, -0.1) is 0 Å². The van der Waals surface area contributed by atoms with Gasteiger partial charge in [0.05, 0.1) is 5.69 Å². The van der Waals surface area contributed by atoms with Crippen LogP contribution < -0.4 is 4.90 Å². The maximum Gasteiger partial charge on any atom is 0.251 e. The van der Waals surface area contributed by atoms with Gasteiger partial charge < -0.3 is 4.90 Å². The fourth-order valence-electron chi connectivity index (χ4n) is 2.80. The third kappa shape index (κ3) is 2.48. The van der Waals surface area contributed by atoms with Gasteiger partial charge in [0, 0.05) is 17.1 Å². The Balaban J connectivity index is 2.66. The van der Waals surface area contributed by atoms with Crippen LogP contribution in [0.15, 0.2) is 10.5 Å². The second-order valence-electron chi connectivity index (χ2n) is 5.62. The Bertz CT molecular complexity index is 627. The summed E-state index contributed by atoms with van der Waals surface area (Å²) in [7, 11) is 1.74. The number of hydrogen-bond acceptors (Lipinski definition) is 2. The van der Waals surface area contributed by atoms with Gasteiger partial charge in [-0.2, -0.15) is 0 Å². The Morgan fingerprint density at radius 2 is 1.90 bits per heavy atom. The van der Waals surface area contributed by atoms with E-state index >= 15 is 0 Å². The van der Waals surface area contributed by atoms with Crippen LogP contribution >= 0.6 is 31.9 Å². The minimum Gasteiger partial charge on any atom is -0.313 e. The van der Waals surface area contributed by atoms with E-state index in [1.165, 1.54) is 0 Å². The molecule has 21 heavy (non-hydrogen) atoms. The number of halogens is 2. The number of hydrogen-bond donors (Lipinski definition) is 0. The molecule has 2 rings (SSSR count). The molecule has 1 heterocycles. The number of Topliss-reactive ketones (excluding diaryl/α,β-unsaturated/α-hetero) is 1. The number of nitrogens with zero attached hydrogens (tertiary/aromatic N) is 1. The van der Waals surface area contributed by atoms with Gasteiger partial charge in [-0.3, -0.25) is 9.59 Å². The van der Waals surface area contributed by atoms with E-state index in [-0.39, 0.29) is 11.7 Å².